The Kier molecular flexibility index (Phi) is 8.38. The van der Waals surface area contributed by atoms with E-state index in [2.05, 4.69) is 11.2 Å². The summed E-state index contributed by atoms with van der Waals surface area (Å²) in [6, 6.07) is 21.6. The fourth-order valence-electron chi connectivity index (χ4n) is 2.80. The van der Waals surface area contributed by atoms with Crippen molar-refractivity contribution in [3.8, 4) is 29.9 Å². The zero-order valence-corrected chi connectivity index (χ0v) is 18.9. The molecule has 0 fully saturated rings. The molecule has 7 heteroatoms. The van der Waals surface area contributed by atoms with Crippen LogP contribution in [0.25, 0.3) is 6.08 Å². The molecule has 0 saturated heterocycles. The van der Waals surface area contributed by atoms with Gasteiger partial charge in [-0.2, -0.15) is 5.26 Å². The summed E-state index contributed by atoms with van der Waals surface area (Å²) >= 11 is 12.4. The van der Waals surface area contributed by atoms with Gasteiger partial charge in [-0.3, -0.25) is 4.79 Å². The second-order valence-corrected chi connectivity index (χ2v) is 7.54. The third-order valence-corrected chi connectivity index (χ3v) is 4.92. The summed E-state index contributed by atoms with van der Waals surface area (Å²) in [6.07, 6.45) is 6.56. The molecule has 0 spiro atoms. The van der Waals surface area contributed by atoms with Gasteiger partial charge >= 0.3 is 0 Å². The molecule has 33 heavy (non-hydrogen) atoms. The maximum atomic E-state index is 12.6. The Labute approximate surface area is 202 Å². The van der Waals surface area contributed by atoms with Crippen LogP contribution in [0, 0.1) is 23.7 Å². The lowest BCUT2D eigenvalue weighted by Gasteiger charge is -2.09. The molecule has 0 atom stereocenters. The Morgan fingerprint density at radius 1 is 1.03 bits per heavy atom. The number of rotatable bonds is 8. The number of anilines is 1. The molecule has 164 valence electrons. The lowest BCUT2D eigenvalue weighted by atomic mass is 10.1. The number of terminal acetylenes is 1. The van der Waals surface area contributed by atoms with E-state index in [1.807, 2.05) is 36.4 Å². The molecule has 1 amide bonds. The first-order valence-corrected chi connectivity index (χ1v) is 10.5. The number of nitrogens with zero attached hydrogens (tertiary/aromatic N) is 1. The largest absolute Gasteiger partial charge is 0.489 e. The quantitative estimate of drug-likeness (QED) is 0.241. The van der Waals surface area contributed by atoms with Crippen LogP contribution in [0.3, 0.4) is 0 Å². The highest BCUT2D eigenvalue weighted by molar-refractivity contribution is 6.37. The third-order valence-electron chi connectivity index (χ3n) is 4.36. The van der Waals surface area contributed by atoms with Gasteiger partial charge in [0.25, 0.3) is 5.91 Å². The zero-order valence-electron chi connectivity index (χ0n) is 17.3. The Morgan fingerprint density at radius 3 is 2.30 bits per heavy atom. The van der Waals surface area contributed by atoms with Crippen LogP contribution in [0.5, 0.6) is 11.5 Å². The number of nitriles is 1. The van der Waals surface area contributed by atoms with E-state index in [1.165, 1.54) is 18.2 Å². The fraction of sp³-hybridized carbons (Fsp3) is 0.0769. The lowest BCUT2D eigenvalue weighted by Crippen LogP contribution is -2.13. The molecule has 0 aromatic heterocycles. The van der Waals surface area contributed by atoms with Crippen molar-refractivity contribution in [1.29, 1.82) is 5.26 Å². The Balaban J connectivity index is 1.66. The average molecular weight is 477 g/mol. The monoisotopic (exact) mass is 476 g/mol. The van der Waals surface area contributed by atoms with Crippen molar-refractivity contribution in [2.75, 3.05) is 11.9 Å². The van der Waals surface area contributed by atoms with Crippen LogP contribution in [0.15, 0.2) is 72.3 Å². The maximum Gasteiger partial charge on any atom is 0.266 e. The van der Waals surface area contributed by atoms with E-state index in [9.17, 15) is 10.1 Å². The van der Waals surface area contributed by atoms with Crippen molar-refractivity contribution >= 4 is 40.9 Å². The summed E-state index contributed by atoms with van der Waals surface area (Å²) in [4.78, 5) is 12.6. The Morgan fingerprint density at radius 2 is 1.70 bits per heavy atom. The van der Waals surface area contributed by atoms with Crippen LogP contribution in [-0.2, 0) is 11.4 Å². The van der Waals surface area contributed by atoms with E-state index in [4.69, 9.17) is 39.1 Å². The first kappa shape index (κ1) is 23.8. The van der Waals surface area contributed by atoms with Gasteiger partial charge in [0, 0.05) is 5.69 Å². The first-order valence-electron chi connectivity index (χ1n) is 9.75. The number of hydrogen-bond acceptors (Lipinski definition) is 4. The van der Waals surface area contributed by atoms with E-state index < -0.39 is 5.91 Å². The van der Waals surface area contributed by atoms with Crippen molar-refractivity contribution in [3.63, 3.8) is 0 Å². The SMILES string of the molecule is C#CCOc1c(Cl)cc(/C=C(\C#N)C(=O)Nc2ccc(OCc3ccccc3)cc2)cc1Cl. The number of nitrogens with one attached hydrogen (secondary N) is 1. The standard InChI is InChI=1S/C26H18Cl2N2O3/c1-2-12-32-25-23(27)14-19(15-24(25)28)13-20(16-29)26(31)30-21-8-10-22(11-9-21)33-17-18-6-4-3-5-7-18/h1,3-11,13-15H,12,17H2,(H,30,31)/b20-13+. The van der Waals surface area contributed by atoms with Gasteiger partial charge in [0.1, 0.15) is 30.6 Å². The summed E-state index contributed by atoms with van der Waals surface area (Å²) in [5.74, 6) is 2.65. The molecule has 0 aliphatic rings. The molecule has 5 nitrogen and oxygen atoms in total. The molecule has 0 bridgehead atoms. The van der Waals surface area contributed by atoms with Gasteiger partial charge in [-0.15, -0.1) is 6.42 Å². The molecule has 0 radical (unpaired) electrons. The number of amides is 1. The predicted molar refractivity (Wildman–Crippen MR) is 130 cm³/mol. The molecular weight excluding hydrogens is 459 g/mol. The molecule has 0 aliphatic heterocycles. The van der Waals surface area contributed by atoms with Gasteiger partial charge in [-0.1, -0.05) is 59.5 Å². The molecule has 3 rings (SSSR count). The smallest absolute Gasteiger partial charge is 0.266 e. The summed E-state index contributed by atoms with van der Waals surface area (Å²) in [6.45, 7) is 0.447. The molecule has 3 aromatic rings. The highest BCUT2D eigenvalue weighted by Gasteiger charge is 2.13. The number of carbonyl (C=O) groups excluding carboxylic acids is 1. The molecule has 0 saturated carbocycles. The van der Waals surface area contributed by atoms with Gasteiger partial charge in [0.2, 0.25) is 0 Å². The highest BCUT2D eigenvalue weighted by Crippen LogP contribution is 2.35. The summed E-state index contributed by atoms with van der Waals surface area (Å²) < 4.78 is 11.0. The summed E-state index contributed by atoms with van der Waals surface area (Å²) in [5, 5.41) is 12.6. The predicted octanol–water partition coefficient (Wildman–Crippen LogP) is 6.13. The van der Waals surface area contributed by atoms with Crippen LogP contribution in [0.1, 0.15) is 11.1 Å². The minimum atomic E-state index is -0.574. The number of carbonyl (C=O) groups is 1. The van der Waals surface area contributed by atoms with Crippen LogP contribution in [0.4, 0.5) is 5.69 Å². The van der Waals surface area contributed by atoms with Gasteiger partial charge in [-0.05, 0) is 53.6 Å². The number of hydrogen-bond donors (Lipinski definition) is 1. The molecule has 0 unspecified atom stereocenters. The van der Waals surface area contributed by atoms with Gasteiger partial charge in [-0.25, -0.2) is 0 Å². The van der Waals surface area contributed by atoms with Crippen molar-refractivity contribution in [3.05, 3.63) is 93.5 Å². The highest BCUT2D eigenvalue weighted by atomic mass is 35.5. The number of halogens is 2. The van der Waals surface area contributed by atoms with Crippen LogP contribution >= 0.6 is 23.2 Å². The van der Waals surface area contributed by atoms with Gasteiger partial charge in [0.05, 0.1) is 10.0 Å². The number of ether oxygens (including phenoxy) is 2. The normalized spacial score (nSPS) is 10.6. The minimum Gasteiger partial charge on any atom is -0.489 e. The van der Waals surface area contributed by atoms with E-state index >= 15 is 0 Å². The first-order chi connectivity index (χ1) is 16.0. The molecule has 3 aromatic carbocycles. The number of benzene rings is 3. The lowest BCUT2D eigenvalue weighted by molar-refractivity contribution is -0.112. The molecule has 0 aliphatic carbocycles. The van der Waals surface area contributed by atoms with E-state index in [0.29, 0.717) is 23.6 Å². The second-order valence-electron chi connectivity index (χ2n) is 6.73. The van der Waals surface area contributed by atoms with E-state index in [-0.39, 0.29) is 28.0 Å². The van der Waals surface area contributed by atoms with Crippen LogP contribution in [-0.4, -0.2) is 12.5 Å². The summed E-state index contributed by atoms with van der Waals surface area (Å²) in [7, 11) is 0. The minimum absolute atomic E-state index is 0.0105. The molecular formula is C26H18Cl2N2O3. The third kappa shape index (κ3) is 6.79. The Hall–Kier alpha value is -3.90. The average Bonchev–Trinajstić information content (AvgIpc) is 2.82. The van der Waals surface area contributed by atoms with Crippen molar-refractivity contribution in [1.82, 2.24) is 0 Å². The second kappa shape index (κ2) is 11.6. The maximum absolute atomic E-state index is 12.6. The Bertz CT molecular complexity index is 1220. The van der Waals surface area contributed by atoms with Crippen molar-refractivity contribution in [2.24, 2.45) is 0 Å². The van der Waals surface area contributed by atoms with Crippen molar-refractivity contribution in [2.45, 2.75) is 6.61 Å². The fourth-order valence-corrected chi connectivity index (χ4v) is 3.42. The zero-order chi connectivity index (χ0) is 23.6. The van der Waals surface area contributed by atoms with E-state index in [0.717, 1.165) is 5.56 Å². The van der Waals surface area contributed by atoms with Crippen LogP contribution < -0.4 is 14.8 Å². The summed E-state index contributed by atoms with van der Waals surface area (Å²) in [5.41, 5.74) is 1.91. The molecule has 0 heterocycles. The topological polar surface area (TPSA) is 71.3 Å². The molecule has 1 N–H and O–H groups in total. The van der Waals surface area contributed by atoms with Crippen LogP contribution in [0.2, 0.25) is 10.0 Å². The van der Waals surface area contributed by atoms with E-state index in [1.54, 1.807) is 24.3 Å². The van der Waals surface area contributed by atoms with Crippen molar-refractivity contribution < 1.29 is 14.3 Å². The van der Waals surface area contributed by atoms with Gasteiger partial charge < -0.3 is 14.8 Å². The van der Waals surface area contributed by atoms with Gasteiger partial charge in [0.15, 0.2) is 5.75 Å².